The standard InChI is InChI=1S/C21H15Cl2N3O6S2/c1-32-14-6-7-15-11(8-14)9-17(27)26(20(15)28)13-4-2-12(3-5-13)24-21(29)25-34(30,31)18-10-16(22)19(23)33-18/h2-8,10H,9H2,1H3,(H2,24,25,29). The van der Waals surface area contributed by atoms with Gasteiger partial charge in [-0.05, 0) is 54.1 Å². The van der Waals surface area contributed by atoms with Crippen molar-refractivity contribution in [1.82, 2.24) is 4.72 Å². The van der Waals surface area contributed by atoms with Gasteiger partial charge < -0.3 is 10.1 Å². The Kier molecular flexibility index (Phi) is 6.54. The fourth-order valence-corrected chi connectivity index (χ4v) is 6.06. The minimum Gasteiger partial charge on any atom is -0.497 e. The predicted octanol–water partition coefficient (Wildman–Crippen LogP) is 4.30. The number of nitrogens with zero attached hydrogens (tertiary/aromatic N) is 1. The predicted molar refractivity (Wildman–Crippen MR) is 129 cm³/mol. The first-order chi connectivity index (χ1) is 16.1. The van der Waals surface area contributed by atoms with Gasteiger partial charge >= 0.3 is 6.03 Å². The number of halogens is 2. The lowest BCUT2D eigenvalue weighted by Gasteiger charge is -2.27. The first-order valence-electron chi connectivity index (χ1n) is 9.52. The van der Waals surface area contributed by atoms with Crippen molar-refractivity contribution < 1.29 is 27.5 Å². The Morgan fingerprint density at radius 2 is 1.79 bits per heavy atom. The van der Waals surface area contributed by atoms with Crippen molar-refractivity contribution in [3.63, 3.8) is 0 Å². The fourth-order valence-electron chi connectivity index (χ4n) is 3.27. The molecule has 34 heavy (non-hydrogen) atoms. The molecular formula is C21H15Cl2N3O6S2. The summed E-state index contributed by atoms with van der Waals surface area (Å²) in [5.41, 5.74) is 1.51. The molecule has 4 amide bonds. The number of anilines is 2. The molecule has 2 heterocycles. The van der Waals surface area contributed by atoms with E-state index in [0.29, 0.717) is 33.9 Å². The van der Waals surface area contributed by atoms with Crippen LogP contribution in [0.4, 0.5) is 16.2 Å². The summed E-state index contributed by atoms with van der Waals surface area (Å²) in [6, 6.07) is 10.8. The van der Waals surface area contributed by atoms with Crippen LogP contribution in [0.15, 0.2) is 52.7 Å². The average Bonchev–Trinajstić information content (AvgIpc) is 3.13. The number of carbonyl (C=O) groups excluding carboxylic acids is 3. The maximum Gasteiger partial charge on any atom is 0.333 e. The third kappa shape index (κ3) is 4.73. The number of amides is 4. The van der Waals surface area contributed by atoms with Gasteiger partial charge in [0.2, 0.25) is 5.91 Å². The number of carbonyl (C=O) groups is 3. The molecule has 1 aromatic heterocycles. The van der Waals surface area contributed by atoms with E-state index < -0.39 is 27.9 Å². The van der Waals surface area contributed by atoms with Gasteiger partial charge in [-0.2, -0.15) is 0 Å². The monoisotopic (exact) mass is 539 g/mol. The van der Waals surface area contributed by atoms with Crippen LogP contribution in [-0.4, -0.2) is 33.4 Å². The Hall–Kier alpha value is -3.12. The van der Waals surface area contributed by atoms with Crippen LogP contribution in [0.5, 0.6) is 5.75 Å². The molecule has 0 radical (unpaired) electrons. The SMILES string of the molecule is COc1ccc2c(c1)CC(=O)N(c1ccc(NC(=O)NS(=O)(=O)c3cc(Cl)c(Cl)s3)cc1)C2=O. The zero-order valence-corrected chi connectivity index (χ0v) is 20.4. The van der Waals surface area contributed by atoms with E-state index in [2.05, 4.69) is 5.32 Å². The molecule has 0 atom stereocenters. The van der Waals surface area contributed by atoms with E-state index in [9.17, 15) is 22.8 Å². The molecular weight excluding hydrogens is 525 g/mol. The van der Waals surface area contributed by atoms with Crippen molar-refractivity contribution in [2.75, 3.05) is 17.3 Å². The number of imide groups is 1. The van der Waals surface area contributed by atoms with Gasteiger partial charge in [-0.3, -0.25) is 9.59 Å². The maximum absolute atomic E-state index is 12.9. The van der Waals surface area contributed by atoms with Crippen LogP contribution in [0.3, 0.4) is 0 Å². The second-order valence-corrected chi connectivity index (χ2v) is 11.0. The smallest absolute Gasteiger partial charge is 0.333 e. The fraction of sp³-hybridized carbons (Fsp3) is 0.0952. The first-order valence-corrected chi connectivity index (χ1v) is 12.6. The van der Waals surface area contributed by atoms with Crippen LogP contribution < -0.4 is 19.7 Å². The van der Waals surface area contributed by atoms with E-state index in [1.54, 1.807) is 18.2 Å². The number of ether oxygens (including phenoxy) is 1. The summed E-state index contributed by atoms with van der Waals surface area (Å²) in [6.45, 7) is 0. The molecule has 0 fully saturated rings. The lowest BCUT2D eigenvalue weighted by molar-refractivity contribution is -0.117. The van der Waals surface area contributed by atoms with Crippen molar-refractivity contribution >= 4 is 73.8 Å². The number of hydrogen-bond donors (Lipinski definition) is 2. The van der Waals surface area contributed by atoms with Crippen LogP contribution >= 0.6 is 34.5 Å². The Morgan fingerprint density at radius 3 is 2.41 bits per heavy atom. The summed E-state index contributed by atoms with van der Waals surface area (Å²) in [5, 5.41) is 2.44. The Morgan fingerprint density at radius 1 is 1.09 bits per heavy atom. The average molecular weight is 540 g/mol. The molecule has 0 aliphatic carbocycles. The number of thiophene rings is 1. The van der Waals surface area contributed by atoms with E-state index in [1.807, 2.05) is 4.72 Å². The second-order valence-electron chi connectivity index (χ2n) is 7.03. The van der Waals surface area contributed by atoms with Gasteiger partial charge in [0.1, 0.15) is 14.3 Å². The zero-order chi connectivity index (χ0) is 24.6. The highest BCUT2D eigenvalue weighted by atomic mass is 35.5. The minimum atomic E-state index is -4.17. The topological polar surface area (TPSA) is 122 Å². The highest BCUT2D eigenvalue weighted by Crippen LogP contribution is 2.34. The molecule has 4 rings (SSSR count). The van der Waals surface area contributed by atoms with Crippen LogP contribution in [-0.2, 0) is 21.2 Å². The molecule has 0 unspecified atom stereocenters. The van der Waals surface area contributed by atoms with Gasteiger partial charge in [0, 0.05) is 11.3 Å². The molecule has 3 aromatic rings. The van der Waals surface area contributed by atoms with Gasteiger partial charge in [0.05, 0.1) is 24.2 Å². The number of sulfonamides is 1. The lowest BCUT2D eigenvalue weighted by Crippen LogP contribution is -2.42. The van der Waals surface area contributed by atoms with Crippen LogP contribution in [0.1, 0.15) is 15.9 Å². The number of rotatable bonds is 5. The normalized spacial score (nSPS) is 13.4. The summed E-state index contributed by atoms with van der Waals surface area (Å²) in [5.74, 6) is -0.343. The van der Waals surface area contributed by atoms with Crippen molar-refractivity contribution in [3.8, 4) is 5.75 Å². The molecule has 1 aliphatic rings. The van der Waals surface area contributed by atoms with E-state index in [4.69, 9.17) is 27.9 Å². The van der Waals surface area contributed by atoms with E-state index in [1.165, 1.54) is 31.4 Å². The van der Waals surface area contributed by atoms with Crippen molar-refractivity contribution in [2.45, 2.75) is 10.6 Å². The highest BCUT2D eigenvalue weighted by Gasteiger charge is 2.32. The van der Waals surface area contributed by atoms with E-state index >= 15 is 0 Å². The molecule has 0 spiro atoms. The molecule has 0 bridgehead atoms. The Balaban J connectivity index is 1.47. The molecule has 2 aromatic carbocycles. The van der Waals surface area contributed by atoms with Crippen LogP contribution in [0.2, 0.25) is 9.36 Å². The van der Waals surface area contributed by atoms with Crippen molar-refractivity contribution in [2.24, 2.45) is 0 Å². The lowest BCUT2D eigenvalue weighted by atomic mass is 9.97. The summed E-state index contributed by atoms with van der Waals surface area (Å²) in [7, 11) is -2.67. The van der Waals surface area contributed by atoms with Gasteiger partial charge in [-0.1, -0.05) is 23.2 Å². The Bertz CT molecular complexity index is 1400. The summed E-state index contributed by atoms with van der Waals surface area (Å²) < 4.78 is 31.5. The first kappa shape index (κ1) is 24.0. The third-order valence-corrected chi connectivity index (χ3v) is 8.50. The number of methoxy groups -OCH3 is 1. The molecule has 2 N–H and O–H groups in total. The summed E-state index contributed by atoms with van der Waals surface area (Å²) in [6.07, 6.45) is 0.0231. The van der Waals surface area contributed by atoms with Gasteiger partial charge in [-0.25, -0.2) is 22.8 Å². The third-order valence-electron chi connectivity index (χ3n) is 4.83. The Labute approximate surface area is 208 Å². The number of nitrogens with one attached hydrogen (secondary N) is 2. The van der Waals surface area contributed by atoms with Gasteiger partial charge in [-0.15, -0.1) is 11.3 Å². The molecule has 176 valence electrons. The van der Waals surface area contributed by atoms with Crippen LogP contribution in [0, 0.1) is 0 Å². The largest absolute Gasteiger partial charge is 0.497 e. The number of benzene rings is 2. The number of fused-ring (bicyclic) bond motifs is 1. The molecule has 0 saturated carbocycles. The highest BCUT2D eigenvalue weighted by molar-refractivity contribution is 7.92. The van der Waals surface area contributed by atoms with Crippen molar-refractivity contribution in [1.29, 1.82) is 0 Å². The number of urea groups is 1. The van der Waals surface area contributed by atoms with Crippen LogP contribution in [0.25, 0.3) is 0 Å². The number of hydrogen-bond acceptors (Lipinski definition) is 7. The molecule has 13 heteroatoms. The maximum atomic E-state index is 12.9. The quantitative estimate of drug-likeness (QED) is 0.466. The molecule has 1 aliphatic heterocycles. The summed E-state index contributed by atoms with van der Waals surface area (Å²) in [4.78, 5) is 38.8. The zero-order valence-electron chi connectivity index (χ0n) is 17.3. The summed E-state index contributed by atoms with van der Waals surface area (Å²) >= 11 is 12.3. The second kappa shape index (κ2) is 9.26. The van der Waals surface area contributed by atoms with E-state index in [0.717, 1.165) is 11.0 Å². The van der Waals surface area contributed by atoms with E-state index in [-0.39, 0.29) is 25.7 Å². The molecule has 0 saturated heterocycles. The van der Waals surface area contributed by atoms with Gasteiger partial charge in [0.15, 0.2) is 0 Å². The molecule has 9 nitrogen and oxygen atoms in total. The van der Waals surface area contributed by atoms with Gasteiger partial charge in [0.25, 0.3) is 15.9 Å². The minimum absolute atomic E-state index is 0.0231. The van der Waals surface area contributed by atoms with Crippen molar-refractivity contribution in [3.05, 3.63) is 69.0 Å².